The third-order valence-electron chi connectivity index (χ3n) is 9.69. The summed E-state index contributed by atoms with van der Waals surface area (Å²) in [6, 6.07) is 18.0. The van der Waals surface area contributed by atoms with Crippen molar-refractivity contribution in [3.63, 3.8) is 0 Å². The average molecular weight is 704 g/mol. The topological polar surface area (TPSA) is 95.0 Å². The smallest absolute Gasteiger partial charge is 0.238 e. The fourth-order valence-electron chi connectivity index (χ4n) is 7.82. The largest absolute Gasteiger partial charge is 0.507 e. The Bertz CT molecular complexity index is 1730. The van der Waals surface area contributed by atoms with Gasteiger partial charge in [-0.05, 0) is 97.8 Å². The second kappa shape index (κ2) is 10.3. The van der Waals surface area contributed by atoms with Crippen molar-refractivity contribution in [2.24, 2.45) is 29.6 Å². The summed E-state index contributed by atoms with van der Waals surface area (Å²) in [6.45, 7) is 3.64. The summed E-state index contributed by atoms with van der Waals surface area (Å²) in [5.41, 5.74) is 4.16. The van der Waals surface area contributed by atoms with Gasteiger partial charge in [0, 0.05) is 14.9 Å². The van der Waals surface area contributed by atoms with E-state index in [1.165, 1.54) is 9.80 Å². The van der Waals surface area contributed by atoms with Gasteiger partial charge in [-0.3, -0.25) is 29.0 Å². The minimum Gasteiger partial charge on any atom is -0.507 e. The number of rotatable bonds is 3. The van der Waals surface area contributed by atoms with Gasteiger partial charge in [0.25, 0.3) is 0 Å². The van der Waals surface area contributed by atoms with Gasteiger partial charge >= 0.3 is 0 Å². The number of nitrogens with zero attached hydrogens (tertiary/aromatic N) is 2. The van der Waals surface area contributed by atoms with Crippen molar-refractivity contribution in [2.45, 2.75) is 32.6 Å². The molecule has 1 N–H and O–H groups in total. The van der Waals surface area contributed by atoms with Crippen molar-refractivity contribution in [1.82, 2.24) is 0 Å². The molecule has 7 rings (SSSR count). The van der Waals surface area contributed by atoms with Gasteiger partial charge in [0.05, 0.1) is 35.0 Å². The molecule has 0 aromatic heterocycles. The lowest BCUT2D eigenvalue weighted by Crippen LogP contribution is -2.43. The molecule has 3 fully saturated rings. The van der Waals surface area contributed by atoms with E-state index in [1.807, 2.05) is 32.1 Å². The highest BCUT2D eigenvalue weighted by atomic mass is 79.9. The molecule has 1 saturated carbocycles. The van der Waals surface area contributed by atoms with E-state index in [9.17, 15) is 24.3 Å². The molecule has 43 heavy (non-hydrogen) atoms. The van der Waals surface area contributed by atoms with Gasteiger partial charge in [-0.1, -0.05) is 55.6 Å². The highest BCUT2D eigenvalue weighted by Gasteiger charge is 2.62. The normalized spacial score (nSPS) is 28.1. The number of hydrogen-bond acceptors (Lipinski definition) is 5. The highest BCUT2D eigenvalue weighted by Crippen LogP contribution is 2.58. The van der Waals surface area contributed by atoms with E-state index in [4.69, 9.17) is 0 Å². The number of aromatic hydroxyl groups is 1. The van der Waals surface area contributed by atoms with Crippen LogP contribution in [-0.2, 0) is 19.2 Å². The fourth-order valence-corrected chi connectivity index (χ4v) is 8.35. The van der Waals surface area contributed by atoms with E-state index >= 15 is 0 Å². The number of aryl methyl sites for hydroxylation is 2. The highest BCUT2D eigenvalue weighted by molar-refractivity contribution is 9.10. The van der Waals surface area contributed by atoms with Crippen LogP contribution in [0.2, 0.25) is 0 Å². The van der Waals surface area contributed by atoms with Crippen molar-refractivity contribution < 1.29 is 24.3 Å². The quantitative estimate of drug-likeness (QED) is 0.246. The number of carbonyl (C=O) groups excluding carboxylic acids is 4. The molecule has 2 aliphatic heterocycles. The lowest BCUT2D eigenvalue weighted by Gasteiger charge is -2.44. The van der Waals surface area contributed by atoms with Crippen molar-refractivity contribution in [2.75, 3.05) is 9.80 Å². The van der Waals surface area contributed by atoms with Gasteiger partial charge in [-0.25, -0.2) is 0 Å². The summed E-state index contributed by atoms with van der Waals surface area (Å²) in [4.78, 5) is 58.7. The Morgan fingerprint density at radius 2 is 1.16 bits per heavy atom. The molecule has 3 aromatic carbocycles. The minimum atomic E-state index is -0.659. The number of carbonyl (C=O) groups is 4. The number of amides is 4. The number of halogens is 2. The summed E-state index contributed by atoms with van der Waals surface area (Å²) in [6.07, 6.45) is 2.74. The Balaban J connectivity index is 1.35. The zero-order valence-corrected chi connectivity index (χ0v) is 26.6. The van der Waals surface area contributed by atoms with E-state index in [0.29, 0.717) is 35.3 Å². The van der Waals surface area contributed by atoms with Gasteiger partial charge in [0.2, 0.25) is 23.6 Å². The van der Waals surface area contributed by atoms with E-state index in [1.54, 1.807) is 48.5 Å². The summed E-state index contributed by atoms with van der Waals surface area (Å²) < 4.78 is 1.68. The molecule has 0 radical (unpaired) electrons. The summed E-state index contributed by atoms with van der Waals surface area (Å²) in [5, 5.41) is 10.6. The third kappa shape index (κ3) is 4.26. The molecule has 3 aromatic rings. The van der Waals surface area contributed by atoms with Gasteiger partial charge in [-0.15, -0.1) is 0 Å². The van der Waals surface area contributed by atoms with E-state index < -0.39 is 29.6 Å². The molecule has 4 aliphatic rings. The fraction of sp³-hybridized carbons (Fsp3) is 0.294. The van der Waals surface area contributed by atoms with Crippen LogP contribution in [0.1, 0.15) is 35.4 Å². The molecule has 9 heteroatoms. The first-order valence-electron chi connectivity index (χ1n) is 14.3. The molecule has 4 amide bonds. The SMILES string of the molecule is Cc1cc(C2C3=CCC4C(=O)N(c5ccc(Br)cc5)C(=O)C4C3CC3C(=O)N(c4ccc(Br)cc4)C(=O)C32)cc(C)c1O. The first-order valence-corrected chi connectivity index (χ1v) is 15.9. The zero-order chi connectivity index (χ0) is 30.3. The van der Waals surface area contributed by atoms with Crippen LogP contribution in [0, 0.1) is 43.4 Å². The number of phenolic OH excluding ortho intramolecular Hbond substituents is 1. The first-order chi connectivity index (χ1) is 20.6. The van der Waals surface area contributed by atoms with Crippen LogP contribution in [0.5, 0.6) is 5.75 Å². The van der Waals surface area contributed by atoms with Crippen LogP contribution in [0.4, 0.5) is 11.4 Å². The van der Waals surface area contributed by atoms with Crippen molar-refractivity contribution in [1.29, 1.82) is 0 Å². The molecule has 6 atom stereocenters. The van der Waals surface area contributed by atoms with Crippen LogP contribution in [0.3, 0.4) is 0 Å². The molecule has 6 unspecified atom stereocenters. The Hall–Kier alpha value is -3.56. The van der Waals surface area contributed by atoms with Crippen molar-refractivity contribution in [3.8, 4) is 5.75 Å². The number of hydrogen-bond donors (Lipinski definition) is 1. The standard InChI is InChI=1S/C34H28Br2N2O5/c1-16-13-18(14-17(2)30(16)39)27-23-11-12-24-28(33(42)37(31(24)40)21-7-3-19(35)4-8-21)25(23)15-26-29(27)34(43)38(32(26)41)22-9-5-20(36)6-10-22/h3-11,13-14,24-29,39H,12,15H2,1-2H3. The molecule has 7 nitrogen and oxygen atoms in total. The van der Waals surface area contributed by atoms with Crippen LogP contribution in [0.15, 0.2) is 81.3 Å². The van der Waals surface area contributed by atoms with E-state index in [0.717, 1.165) is 20.1 Å². The average Bonchev–Trinajstić information content (AvgIpc) is 3.39. The van der Waals surface area contributed by atoms with Gasteiger partial charge < -0.3 is 5.11 Å². The summed E-state index contributed by atoms with van der Waals surface area (Å²) in [7, 11) is 0. The van der Waals surface area contributed by atoms with Crippen molar-refractivity contribution in [3.05, 3.63) is 97.9 Å². The Morgan fingerprint density at radius 1 is 0.674 bits per heavy atom. The number of fused-ring (bicyclic) bond motifs is 4. The van der Waals surface area contributed by atoms with E-state index in [2.05, 4.69) is 31.9 Å². The number of benzene rings is 3. The van der Waals surface area contributed by atoms with Crippen LogP contribution >= 0.6 is 31.9 Å². The lowest BCUT2D eigenvalue weighted by atomic mass is 9.57. The second-order valence-electron chi connectivity index (χ2n) is 12.0. The summed E-state index contributed by atoms with van der Waals surface area (Å²) >= 11 is 6.84. The molecule has 2 saturated heterocycles. The Kier molecular flexibility index (Phi) is 6.74. The Morgan fingerprint density at radius 3 is 1.70 bits per heavy atom. The molecule has 0 bridgehead atoms. The predicted octanol–water partition coefficient (Wildman–Crippen LogP) is 6.58. The zero-order valence-electron chi connectivity index (χ0n) is 23.5. The number of phenols is 1. The third-order valence-corrected chi connectivity index (χ3v) is 10.7. The van der Waals surface area contributed by atoms with Crippen LogP contribution in [0.25, 0.3) is 0 Å². The molecule has 218 valence electrons. The maximum atomic E-state index is 14.2. The number of anilines is 2. The Labute approximate surface area is 265 Å². The van der Waals surface area contributed by atoms with Gasteiger partial charge in [0.15, 0.2) is 0 Å². The van der Waals surface area contributed by atoms with E-state index in [-0.39, 0.29) is 35.3 Å². The molecular weight excluding hydrogens is 676 g/mol. The molecule has 2 heterocycles. The van der Waals surface area contributed by atoms with Crippen LogP contribution < -0.4 is 9.80 Å². The monoisotopic (exact) mass is 702 g/mol. The van der Waals surface area contributed by atoms with Gasteiger partial charge in [0.1, 0.15) is 5.75 Å². The number of allylic oxidation sites excluding steroid dienone is 2. The minimum absolute atomic E-state index is 0.192. The maximum Gasteiger partial charge on any atom is 0.238 e. The lowest BCUT2D eigenvalue weighted by molar-refractivity contribution is -0.126. The van der Waals surface area contributed by atoms with Gasteiger partial charge in [-0.2, -0.15) is 0 Å². The summed E-state index contributed by atoms with van der Waals surface area (Å²) in [5.74, 6) is -4.15. The predicted molar refractivity (Wildman–Crippen MR) is 168 cm³/mol. The number of imide groups is 2. The maximum absolute atomic E-state index is 14.2. The van der Waals surface area contributed by atoms with Crippen LogP contribution in [-0.4, -0.2) is 28.7 Å². The second-order valence-corrected chi connectivity index (χ2v) is 13.8. The molecule has 2 aliphatic carbocycles. The van der Waals surface area contributed by atoms with Crippen molar-refractivity contribution >= 4 is 66.9 Å². The molecular formula is C34H28Br2N2O5. The molecule has 0 spiro atoms. The first kappa shape index (κ1) is 28.2.